The average Bonchev–Trinajstić information content (AvgIpc) is 2.54. The summed E-state index contributed by atoms with van der Waals surface area (Å²) >= 11 is 3.40. The number of aryl methyl sites for hydroxylation is 1. The van der Waals surface area contributed by atoms with Crippen molar-refractivity contribution in [3.05, 3.63) is 28.4 Å². The first-order valence-corrected chi connectivity index (χ1v) is 5.42. The van der Waals surface area contributed by atoms with Crippen LogP contribution in [0.25, 0.3) is 10.9 Å². The zero-order valence-electron chi connectivity index (χ0n) is 8.31. The highest BCUT2D eigenvalue weighted by Crippen LogP contribution is 2.29. The van der Waals surface area contributed by atoms with Crippen LogP contribution >= 0.6 is 15.9 Å². The van der Waals surface area contributed by atoms with Crippen molar-refractivity contribution in [1.82, 2.24) is 9.78 Å². The summed E-state index contributed by atoms with van der Waals surface area (Å²) in [5, 5.41) is 14.3. The van der Waals surface area contributed by atoms with E-state index in [0.29, 0.717) is 0 Å². The van der Waals surface area contributed by atoms with Gasteiger partial charge in [0, 0.05) is 12.4 Å². The largest absolute Gasteiger partial charge is 0.394 e. The molecule has 1 unspecified atom stereocenters. The van der Waals surface area contributed by atoms with Crippen LogP contribution in [0.2, 0.25) is 0 Å². The lowest BCUT2D eigenvalue weighted by Gasteiger charge is -2.09. The Hall–Kier alpha value is -0.910. The van der Waals surface area contributed by atoms with Crippen LogP contribution in [0.3, 0.4) is 0 Å². The lowest BCUT2D eigenvalue weighted by Crippen LogP contribution is -2.14. The smallest absolute Gasteiger partial charge is 0.136 e. The number of benzene rings is 1. The fourth-order valence-electron chi connectivity index (χ4n) is 1.69. The van der Waals surface area contributed by atoms with E-state index < -0.39 is 0 Å². The van der Waals surface area contributed by atoms with Crippen molar-refractivity contribution in [2.45, 2.75) is 6.04 Å². The molecule has 0 aliphatic rings. The zero-order valence-corrected chi connectivity index (χ0v) is 9.90. The number of nitrogens with zero attached hydrogens (tertiary/aromatic N) is 2. The quantitative estimate of drug-likeness (QED) is 0.865. The normalized spacial score (nSPS) is 13.3. The van der Waals surface area contributed by atoms with Crippen LogP contribution in [0.4, 0.5) is 0 Å². The molecule has 0 saturated heterocycles. The lowest BCUT2D eigenvalue weighted by molar-refractivity contribution is 0.268. The van der Waals surface area contributed by atoms with Gasteiger partial charge in [-0.3, -0.25) is 4.68 Å². The van der Waals surface area contributed by atoms with Gasteiger partial charge in [-0.25, -0.2) is 0 Å². The van der Waals surface area contributed by atoms with E-state index in [0.717, 1.165) is 21.1 Å². The second-order valence-electron chi connectivity index (χ2n) is 3.44. The highest BCUT2D eigenvalue weighted by atomic mass is 79.9. The van der Waals surface area contributed by atoms with E-state index in [1.165, 1.54) is 0 Å². The Kier molecular flexibility index (Phi) is 2.77. The average molecular weight is 270 g/mol. The first kappa shape index (κ1) is 10.6. The molecule has 15 heavy (non-hydrogen) atoms. The van der Waals surface area contributed by atoms with Crippen LogP contribution in [0.5, 0.6) is 0 Å². The number of hydrogen-bond donors (Lipinski definition) is 2. The van der Waals surface area contributed by atoms with Gasteiger partial charge in [0.15, 0.2) is 0 Å². The Balaban J connectivity index is 2.75. The Morgan fingerprint density at radius 3 is 3.00 bits per heavy atom. The van der Waals surface area contributed by atoms with Gasteiger partial charge in [-0.2, -0.15) is 5.10 Å². The third-order valence-corrected chi connectivity index (χ3v) is 3.02. The number of aliphatic hydroxyl groups excluding tert-OH is 1. The number of rotatable bonds is 2. The molecule has 80 valence electrons. The van der Waals surface area contributed by atoms with Gasteiger partial charge in [0.2, 0.25) is 0 Å². The van der Waals surface area contributed by atoms with Gasteiger partial charge in [0.1, 0.15) is 4.60 Å². The zero-order chi connectivity index (χ0) is 11.0. The summed E-state index contributed by atoms with van der Waals surface area (Å²) in [6.45, 7) is -0.0690. The number of aliphatic hydroxyl groups is 1. The standard InChI is InChI=1S/C10H12BrN3O/c1-14-8-4-2-3-6(7(12)5-15)9(8)10(11)13-14/h2-4,7,15H,5,12H2,1H3. The summed E-state index contributed by atoms with van der Waals surface area (Å²) in [6.07, 6.45) is 0. The molecule has 0 bridgehead atoms. The molecule has 0 radical (unpaired) electrons. The molecule has 3 N–H and O–H groups in total. The molecular weight excluding hydrogens is 258 g/mol. The topological polar surface area (TPSA) is 64.1 Å². The number of nitrogens with two attached hydrogens (primary N) is 1. The van der Waals surface area contributed by atoms with Crippen molar-refractivity contribution in [2.24, 2.45) is 12.8 Å². The maximum absolute atomic E-state index is 9.08. The van der Waals surface area contributed by atoms with Crippen molar-refractivity contribution in [3.63, 3.8) is 0 Å². The van der Waals surface area contributed by atoms with E-state index in [-0.39, 0.29) is 12.6 Å². The number of aromatic nitrogens is 2. The summed E-state index contributed by atoms with van der Waals surface area (Å²) in [4.78, 5) is 0. The molecule has 0 amide bonds. The number of hydrogen-bond acceptors (Lipinski definition) is 3. The van der Waals surface area contributed by atoms with E-state index in [4.69, 9.17) is 10.8 Å². The Bertz CT molecular complexity index is 495. The van der Waals surface area contributed by atoms with Crippen LogP contribution in [-0.2, 0) is 7.05 Å². The molecule has 1 heterocycles. The molecular formula is C10H12BrN3O. The molecule has 0 fully saturated rings. The van der Waals surface area contributed by atoms with Crippen LogP contribution < -0.4 is 5.73 Å². The maximum atomic E-state index is 9.08. The first-order chi connectivity index (χ1) is 7.15. The van der Waals surface area contributed by atoms with E-state index in [9.17, 15) is 0 Å². The summed E-state index contributed by atoms with van der Waals surface area (Å²) in [5.41, 5.74) is 7.75. The highest BCUT2D eigenvalue weighted by molar-refractivity contribution is 9.10. The van der Waals surface area contributed by atoms with Gasteiger partial charge in [0.05, 0.1) is 18.2 Å². The fraction of sp³-hybridized carbons (Fsp3) is 0.300. The molecule has 2 aromatic rings. The van der Waals surface area contributed by atoms with Gasteiger partial charge in [-0.1, -0.05) is 12.1 Å². The van der Waals surface area contributed by atoms with Crippen LogP contribution in [-0.4, -0.2) is 21.5 Å². The molecule has 1 aromatic carbocycles. The Labute approximate surface area is 95.8 Å². The van der Waals surface area contributed by atoms with E-state index in [2.05, 4.69) is 21.0 Å². The van der Waals surface area contributed by atoms with Crippen molar-refractivity contribution in [2.75, 3.05) is 6.61 Å². The summed E-state index contributed by atoms with van der Waals surface area (Å²) in [7, 11) is 1.88. The van der Waals surface area contributed by atoms with E-state index >= 15 is 0 Å². The summed E-state index contributed by atoms with van der Waals surface area (Å²) in [5.74, 6) is 0. The second kappa shape index (κ2) is 3.92. The Morgan fingerprint density at radius 1 is 1.60 bits per heavy atom. The van der Waals surface area contributed by atoms with Gasteiger partial charge in [0.25, 0.3) is 0 Å². The van der Waals surface area contributed by atoms with E-state index in [1.54, 1.807) is 4.68 Å². The maximum Gasteiger partial charge on any atom is 0.136 e. The molecule has 0 aliphatic heterocycles. The predicted octanol–water partition coefficient (Wildman–Crippen LogP) is 1.33. The van der Waals surface area contributed by atoms with Crippen LogP contribution in [0.15, 0.2) is 22.8 Å². The minimum absolute atomic E-state index is 0.0690. The third-order valence-electron chi connectivity index (χ3n) is 2.46. The molecule has 4 nitrogen and oxygen atoms in total. The third kappa shape index (κ3) is 1.67. The molecule has 0 aliphatic carbocycles. The van der Waals surface area contributed by atoms with Gasteiger partial charge in [-0.15, -0.1) is 0 Å². The predicted molar refractivity (Wildman–Crippen MR) is 62.4 cm³/mol. The van der Waals surface area contributed by atoms with Gasteiger partial charge in [-0.05, 0) is 27.6 Å². The molecule has 2 rings (SSSR count). The summed E-state index contributed by atoms with van der Waals surface area (Å²) in [6, 6.07) is 5.44. The van der Waals surface area contributed by atoms with E-state index in [1.807, 2.05) is 25.2 Å². The monoisotopic (exact) mass is 269 g/mol. The van der Waals surface area contributed by atoms with Crippen molar-refractivity contribution in [1.29, 1.82) is 0 Å². The van der Waals surface area contributed by atoms with Gasteiger partial charge < -0.3 is 10.8 Å². The van der Waals surface area contributed by atoms with Crippen molar-refractivity contribution < 1.29 is 5.11 Å². The molecule has 0 saturated carbocycles. The highest BCUT2D eigenvalue weighted by Gasteiger charge is 2.14. The van der Waals surface area contributed by atoms with Crippen molar-refractivity contribution >= 4 is 26.8 Å². The first-order valence-electron chi connectivity index (χ1n) is 4.62. The molecule has 0 spiro atoms. The lowest BCUT2D eigenvalue weighted by atomic mass is 10.0. The second-order valence-corrected chi connectivity index (χ2v) is 4.20. The molecule has 1 atom stereocenters. The molecule has 5 heteroatoms. The SMILES string of the molecule is Cn1nc(Br)c2c(C(N)CO)cccc21. The minimum Gasteiger partial charge on any atom is -0.394 e. The molecule has 1 aromatic heterocycles. The number of fused-ring (bicyclic) bond motifs is 1. The number of halogens is 1. The van der Waals surface area contributed by atoms with Gasteiger partial charge >= 0.3 is 0 Å². The van der Waals surface area contributed by atoms with Crippen LogP contribution in [0.1, 0.15) is 11.6 Å². The minimum atomic E-state index is -0.366. The fourth-order valence-corrected chi connectivity index (χ4v) is 2.36. The summed E-state index contributed by atoms with van der Waals surface area (Å²) < 4.78 is 2.55. The van der Waals surface area contributed by atoms with Crippen molar-refractivity contribution in [3.8, 4) is 0 Å². The Morgan fingerprint density at radius 2 is 2.33 bits per heavy atom. The van der Waals surface area contributed by atoms with Crippen LogP contribution in [0, 0.1) is 0 Å².